The Balaban J connectivity index is 2.26. The summed E-state index contributed by atoms with van der Waals surface area (Å²) < 4.78 is 41.7. The molecule has 0 bridgehead atoms. The lowest BCUT2D eigenvalue weighted by Crippen LogP contribution is -2.10. The molecule has 0 N–H and O–H groups in total. The molecule has 0 amide bonds. The quantitative estimate of drug-likeness (QED) is 0.642. The minimum Gasteiger partial charge on any atom is -0.379 e. The summed E-state index contributed by atoms with van der Waals surface area (Å²) in [5, 5.41) is 0. The van der Waals surface area contributed by atoms with E-state index in [1.165, 1.54) is 43.3 Å². The molecule has 0 saturated carbocycles. The second-order valence-electron chi connectivity index (χ2n) is 4.08. The van der Waals surface area contributed by atoms with Crippen molar-refractivity contribution in [1.82, 2.24) is 0 Å². The van der Waals surface area contributed by atoms with E-state index in [9.17, 15) is 17.6 Å². The minimum absolute atomic E-state index is 0.0549. The van der Waals surface area contributed by atoms with Gasteiger partial charge in [-0.2, -0.15) is 8.42 Å². The molecule has 104 valence electrons. The summed E-state index contributed by atoms with van der Waals surface area (Å²) in [5.41, 5.74) is 0.445. The summed E-state index contributed by atoms with van der Waals surface area (Å²) in [4.78, 5) is 10.8. The van der Waals surface area contributed by atoms with Crippen LogP contribution in [0.4, 0.5) is 4.39 Å². The molecule has 0 fully saturated rings. The number of ketones is 1. The topological polar surface area (TPSA) is 60.4 Å². The molecular weight excluding hydrogens is 283 g/mol. The van der Waals surface area contributed by atoms with Gasteiger partial charge in [-0.25, -0.2) is 4.39 Å². The van der Waals surface area contributed by atoms with Gasteiger partial charge in [-0.1, -0.05) is 6.07 Å². The zero-order chi connectivity index (χ0) is 14.8. The van der Waals surface area contributed by atoms with Crippen LogP contribution in [0, 0.1) is 5.82 Å². The lowest BCUT2D eigenvalue weighted by atomic mass is 10.1. The third-order valence-corrected chi connectivity index (χ3v) is 3.79. The van der Waals surface area contributed by atoms with E-state index >= 15 is 0 Å². The van der Waals surface area contributed by atoms with Gasteiger partial charge in [0.15, 0.2) is 5.78 Å². The van der Waals surface area contributed by atoms with Crippen molar-refractivity contribution in [2.24, 2.45) is 0 Å². The maximum absolute atomic E-state index is 13.0. The monoisotopic (exact) mass is 294 g/mol. The van der Waals surface area contributed by atoms with Crippen LogP contribution in [-0.4, -0.2) is 14.2 Å². The summed E-state index contributed by atoms with van der Waals surface area (Å²) in [6.07, 6.45) is 0. The summed E-state index contributed by atoms with van der Waals surface area (Å²) in [6.45, 7) is 1.40. The van der Waals surface area contributed by atoms with E-state index in [0.717, 1.165) is 12.1 Å². The van der Waals surface area contributed by atoms with Crippen LogP contribution in [0.25, 0.3) is 0 Å². The molecule has 0 aromatic heterocycles. The number of hydrogen-bond donors (Lipinski definition) is 0. The van der Waals surface area contributed by atoms with Crippen molar-refractivity contribution in [3.05, 3.63) is 59.9 Å². The number of hydrogen-bond acceptors (Lipinski definition) is 4. The summed E-state index contributed by atoms with van der Waals surface area (Å²) >= 11 is 0. The Morgan fingerprint density at radius 3 is 2.30 bits per heavy atom. The van der Waals surface area contributed by atoms with Crippen LogP contribution in [0.1, 0.15) is 17.3 Å². The van der Waals surface area contributed by atoms with Gasteiger partial charge in [0.1, 0.15) is 16.5 Å². The maximum atomic E-state index is 13.0. The Bertz CT molecular complexity index is 736. The molecule has 0 atom stereocenters. The summed E-state index contributed by atoms with van der Waals surface area (Å²) in [7, 11) is -4.09. The third kappa shape index (κ3) is 3.21. The standard InChI is InChI=1S/C14H11FO4S/c1-10(16)11-5-7-13(8-6-11)19-20(17,18)14-4-2-3-12(15)9-14/h2-9H,1H3. The van der Waals surface area contributed by atoms with Crippen molar-refractivity contribution >= 4 is 15.9 Å². The van der Waals surface area contributed by atoms with Gasteiger partial charge in [0.25, 0.3) is 0 Å². The molecule has 20 heavy (non-hydrogen) atoms. The first-order valence-corrected chi connectivity index (χ1v) is 7.10. The van der Waals surface area contributed by atoms with E-state index in [4.69, 9.17) is 4.18 Å². The van der Waals surface area contributed by atoms with Crippen molar-refractivity contribution in [3.8, 4) is 5.75 Å². The van der Waals surface area contributed by atoms with Crippen molar-refractivity contribution in [3.63, 3.8) is 0 Å². The molecule has 0 aliphatic carbocycles. The molecule has 0 spiro atoms. The first kappa shape index (κ1) is 14.2. The number of Topliss-reactive ketones (excluding diaryl/α,β-unsaturated/α-hetero) is 1. The third-order valence-electron chi connectivity index (χ3n) is 2.55. The molecule has 2 aromatic carbocycles. The molecule has 0 aliphatic rings. The molecule has 4 nitrogen and oxygen atoms in total. The number of rotatable bonds is 4. The molecule has 2 rings (SSSR count). The van der Waals surface area contributed by atoms with E-state index in [-0.39, 0.29) is 16.4 Å². The van der Waals surface area contributed by atoms with Crippen LogP contribution in [0.2, 0.25) is 0 Å². The Morgan fingerprint density at radius 1 is 1.10 bits per heavy atom. The van der Waals surface area contributed by atoms with Crippen LogP contribution in [-0.2, 0) is 10.1 Å². The van der Waals surface area contributed by atoms with E-state index in [1.54, 1.807) is 0 Å². The van der Waals surface area contributed by atoms with Crippen LogP contribution in [0.5, 0.6) is 5.75 Å². The molecule has 0 aliphatic heterocycles. The predicted molar refractivity (Wildman–Crippen MR) is 70.7 cm³/mol. The Morgan fingerprint density at radius 2 is 1.75 bits per heavy atom. The van der Waals surface area contributed by atoms with Gasteiger partial charge in [0.05, 0.1) is 0 Å². The van der Waals surface area contributed by atoms with E-state index in [0.29, 0.717) is 5.56 Å². The highest BCUT2D eigenvalue weighted by Gasteiger charge is 2.17. The zero-order valence-electron chi connectivity index (χ0n) is 10.5. The highest BCUT2D eigenvalue weighted by Crippen LogP contribution is 2.19. The maximum Gasteiger partial charge on any atom is 0.339 e. The highest BCUT2D eigenvalue weighted by atomic mass is 32.2. The van der Waals surface area contributed by atoms with Crippen molar-refractivity contribution < 1.29 is 21.8 Å². The number of carbonyl (C=O) groups excluding carboxylic acids is 1. The van der Waals surface area contributed by atoms with Crippen LogP contribution in [0.15, 0.2) is 53.4 Å². The number of benzene rings is 2. The second kappa shape index (κ2) is 5.42. The van der Waals surface area contributed by atoms with Gasteiger partial charge in [0.2, 0.25) is 0 Å². The molecular formula is C14H11FO4S. The van der Waals surface area contributed by atoms with E-state index < -0.39 is 15.9 Å². The average molecular weight is 294 g/mol. The molecule has 0 radical (unpaired) electrons. The van der Waals surface area contributed by atoms with Crippen molar-refractivity contribution in [2.75, 3.05) is 0 Å². The van der Waals surface area contributed by atoms with Gasteiger partial charge in [0, 0.05) is 5.56 Å². The molecule has 0 saturated heterocycles. The van der Waals surface area contributed by atoms with Crippen LogP contribution < -0.4 is 4.18 Å². The largest absolute Gasteiger partial charge is 0.379 e. The SMILES string of the molecule is CC(=O)c1ccc(OS(=O)(=O)c2cccc(F)c2)cc1. The Kier molecular flexibility index (Phi) is 3.85. The van der Waals surface area contributed by atoms with Gasteiger partial charge >= 0.3 is 10.1 Å². The van der Waals surface area contributed by atoms with Gasteiger partial charge in [-0.3, -0.25) is 4.79 Å². The van der Waals surface area contributed by atoms with E-state index in [1.807, 2.05) is 0 Å². The number of carbonyl (C=O) groups is 1. The lowest BCUT2D eigenvalue weighted by Gasteiger charge is -2.07. The Hall–Kier alpha value is -2.21. The minimum atomic E-state index is -4.09. The number of halogens is 1. The Labute approximate surface area is 115 Å². The molecule has 0 heterocycles. The summed E-state index contributed by atoms with van der Waals surface area (Å²) in [6, 6.07) is 10.2. The van der Waals surface area contributed by atoms with Gasteiger partial charge < -0.3 is 4.18 Å². The molecule has 2 aromatic rings. The average Bonchev–Trinajstić information content (AvgIpc) is 2.39. The van der Waals surface area contributed by atoms with Crippen LogP contribution in [0.3, 0.4) is 0 Å². The van der Waals surface area contributed by atoms with Crippen molar-refractivity contribution in [2.45, 2.75) is 11.8 Å². The van der Waals surface area contributed by atoms with Crippen molar-refractivity contribution in [1.29, 1.82) is 0 Å². The van der Waals surface area contributed by atoms with Gasteiger partial charge in [-0.15, -0.1) is 0 Å². The first-order valence-electron chi connectivity index (χ1n) is 5.69. The fourth-order valence-electron chi connectivity index (χ4n) is 1.54. The predicted octanol–water partition coefficient (Wildman–Crippen LogP) is 2.80. The second-order valence-corrected chi connectivity index (χ2v) is 5.62. The normalized spacial score (nSPS) is 11.1. The fraction of sp³-hybridized carbons (Fsp3) is 0.0714. The highest BCUT2D eigenvalue weighted by molar-refractivity contribution is 7.87. The molecule has 6 heteroatoms. The van der Waals surface area contributed by atoms with E-state index in [2.05, 4.69) is 0 Å². The van der Waals surface area contributed by atoms with Gasteiger partial charge in [-0.05, 0) is 49.4 Å². The summed E-state index contributed by atoms with van der Waals surface area (Å²) in [5.74, 6) is -0.745. The molecule has 0 unspecified atom stereocenters. The van der Waals surface area contributed by atoms with Crippen LogP contribution >= 0.6 is 0 Å². The lowest BCUT2D eigenvalue weighted by molar-refractivity contribution is 0.101. The zero-order valence-corrected chi connectivity index (χ0v) is 11.4. The smallest absolute Gasteiger partial charge is 0.339 e. The first-order chi connectivity index (χ1) is 9.38. The fourth-order valence-corrected chi connectivity index (χ4v) is 2.51.